The molecule has 2 N–H and O–H groups in total. The van der Waals surface area contributed by atoms with E-state index in [-0.39, 0.29) is 24.0 Å². The minimum absolute atomic E-state index is 0.0842. The molecule has 3 fully saturated rings. The highest BCUT2D eigenvalue weighted by Crippen LogP contribution is 2.57. The first-order valence-electron chi connectivity index (χ1n) is 16.1. The summed E-state index contributed by atoms with van der Waals surface area (Å²) in [6, 6.07) is 5.15. The molecule has 2 saturated carbocycles. The number of fused-ring (bicyclic) bond motifs is 1. The lowest BCUT2D eigenvalue weighted by Gasteiger charge is -2.32. The molecule has 1 amide bonds. The Labute approximate surface area is 280 Å². The lowest BCUT2D eigenvalue weighted by Crippen LogP contribution is -2.47. The smallest absolute Gasteiger partial charge is 0.240 e. The number of allylic oxidation sites excluding steroid dienone is 1. The van der Waals surface area contributed by atoms with Crippen molar-refractivity contribution in [1.29, 1.82) is 0 Å². The molecule has 10 nitrogen and oxygen atoms in total. The van der Waals surface area contributed by atoms with Gasteiger partial charge in [0.2, 0.25) is 15.9 Å². The van der Waals surface area contributed by atoms with Crippen LogP contribution in [-0.2, 0) is 19.6 Å². The van der Waals surface area contributed by atoms with Gasteiger partial charge >= 0.3 is 0 Å². The highest BCUT2D eigenvalue weighted by molar-refractivity contribution is 7.91. The van der Waals surface area contributed by atoms with Gasteiger partial charge in [-0.25, -0.2) is 18.4 Å². The molecule has 0 spiro atoms. The van der Waals surface area contributed by atoms with E-state index in [0.29, 0.717) is 37.3 Å². The summed E-state index contributed by atoms with van der Waals surface area (Å²) < 4.78 is 39.5. The molecule has 2 aliphatic carbocycles. The second kappa shape index (κ2) is 11.7. The molecule has 6 rings (SSSR count). The summed E-state index contributed by atoms with van der Waals surface area (Å²) in [6.07, 6.45) is 2.58. The average molecular weight is 681 g/mol. The van der Waals surface area contributed by atoms with Gasteiger partial charge in [0.15, 0.2) is 5.78 Å². The van der Waals surface area contributed by atoms with Crippen molar-refractivity contribution in [3.8, 4) is 22.2 Å². The number of carbonyl (C=O) groups is 2. The number of benzene rings is 1. The summed E-state index contributed by atoms with van der Waals surface area (Å²) in [5, 5.41) is 7.04. The number of amides is 1. The minimum Gasteiger partial charge on any atom is -0.496 e. The Bertz CT molecular complexity index is 1880. The molecule has 0 bridgehead atoms. The summed E-state index contributed by atoms with van der Waals surface area (Å²) >= 11 is 1.54. The van der Waals surface area contributed by atoms with Crippen LogP contribution in [0.5, 0.6) is 11.5 Å². The van der Waals surface area contributed by atoms with Gasteiger partial charge in [-0.1, -0.05) is 33.8 Å². The molecule has 3 aromatic rings. The highest BCUT2D eigenvalue weighted by atomic mass is 32.2. The molecular weight excluding hydrogens is 637 g/mol. The summed E-state index contributed by atoms with van der Waals surface area (Å²) in [5.74, 6) is 0.602. The Hall–Kier alpha value is -3.35. The first kappa shape index (κ1) is 33.5. The lowest BCUT2D eigenvalue weighted by atomic mass is 9.78. The van der Waals surface area contributed by atoms with Crippen LogP contribution in [-0.4, -0.2) is 60.6 Å². The summed E-state index contributed by atoms with van der Waals surface area (Å²) in [5.41, 5.74) is 1.55. The van der Waals surface area contributed by atoms with Crippen LogP contribution in [0.4, 0.5) is 0 Å². The maximum atomic E-state index is 14.0. The molecule has 3 aliphatic rings. The predicted octanol–water partition coefficient (Wildman–Crippen LogP) is 5.69. The van der Waals surface area contributed by atoms with Crippen molar-refractivity contribution in [2.75, 3.05) is 13.7 Å². The number of sulfonamides is 1. The number of aromatic nitrogens is 2. The number of rotatable bonds is 12. The molecule has 47 heavy (non-hydrogen) atoms. The van der Waals surface area contributed by atoms with Crippen LogP contribution in [0.25, 0.3) is 21.6 Å². The number of nitrogens with zero attached hydrogens (tertiary/aromatic N) is 2. The van der Waals surface area contributed by atoms with Crippen molar-refractivity contribution in [3.63, 3.8) is 0 Å². The number of hydrogen-bond donors (Lipinski definition) is 2. The zero-order chi connectivity index (χ0) is 34.1. The van der Waals surface area contributed by atoms with Gasteiger partial charge in [-0.15, -0.1) is 17.9 Å². The fraction of sp³-hybridized carbons (Fsp3) is 0.543. The number of aryl methyl sites for hydroxylation is 1. The molecule has 2 aromatic heterocycles. The van der Waals surface area contributed by atoms with Crippen molar-refractivity contribution in [1.82, 2.24) is 20.0 Å². The number of methoxy groups -OCH3 is 1. The average Bonchev–Trinajstić information content (AvgIpc) is 3.84. The summed E-state index contributed by atoms with van der Waals surface area (Å²) in [7, 11) is -2.20. The van der Waals surface area contributed by atoms with E-state index in [1.165, 1.54) is 11.3 Å². The number of nitrogens with one attached hydrogen (secondary N) is 2. The molecule has 252 valence electrons. The zero-order valence-electron chi connectivity index (χ0n) is 28.1. The Morgan fingerprint density at radius 3 is 2.51 bits per heavy atom. The number of carbonyl (C=O) groups excluding carboxylic acids is 2. The van der Waals surface area contributed by atoms with E-state index in [4.69, 9.17) is 19.4 Å². The molecule has 1 aromatic carbocycles. The first-order chi connectivity index (χ1) is 22.1. The van der Waals surface area contributed by atoms with Crippen LogP contribution in [0.2, 0.25) is 0 Å². The lowest BCUT2D eigenvalue weighted by molar-refractivity contribution is -0.132. The van der Waals surface area contributed by atoms with Crippen molar-refractivity contribution < 1.29 is 27.5 Å². The molecule has 0 radical (unpaired) electrons. The molecule has 0 unspecified atom stereocenters. The van der Waals surface area contributed by atoms with E-state index in [1.54, 1.807) is 20.1 Å². The van der Waals surface area contributed by atoms with Crippen molar-refractivity contribution >= 4 is 44.0 Å². The zero-order valence-corrected chi connectivity index (χ0v) is 29.7. The molecule has 4 atom stereocenters. The Balaban J connectivity index is 1.26. The maximum absolute atomic E-state index is 14.0. The quantitative estimate of drug-likeness (QED) is 0.231. The predicted molar refractivity (Wildman–Crippen MR) is 183 cm³/mol. The van der Waals surface area contributed by atoms with E-state index in [9.17, 15) is 18.0 Å². The molecule has 1 saturated heterocycles. The Morgan fingerprint density at radius 2 is 1.91 bits per heavy atom. The van der Waals surface area contributed by atoms with Gasteiger partial charge in [0.05, 0.1) is 34.5 Å². The van der Waals surface area contributed by atoms with Gasteiger partial charge in [0.25, 0.3) is 0 Å². The molecule has 12 heteroatoms. The first-order valence-corrected chi connectivity index (χ1v) is 18.5. The number of ketones is 1. The van der Waals surface area contributed by atoms with Gasteiger partial charge in [-0.3, -0.25) is 14.3 Å². The topological polar surface area (TPSA) is 137 Å². The van der Waals surface area contributed by atoms with E-state index >= 15 is 0 Å². The highest BCUT2D eigenvalue weighted by Gasteiger charge is 2.63. The van der Waals surface area contributed by atoms with Gasteiger partial charge in [0.1, 0.15) is 28.3 Å². The fourth-order valence-corrected chi connectivity index (χ4v) is 8.95. The molecular formula is C35H44N4O6S2. The Morgan fingerprint density at radius 1 is 1.19 bits per heavy atom. The van der Waals surface area contributed by atoms with Crippen LogP contribution in [0.3, 0.4) is 0 Å². The largest absolute Gasteiger partial charge is 0.496 e. The van der Waals surface area contributed by atoms with Crippen LogP contribution in [0, 0.1) is 23.7 Å². The second-order valence-electron chi connectivity index (χ2n) is 14.5. The SMILES string of the molecule is C=C[C@@H]1C[C@]1(CC(=O)[C@H]1NC[C@H](Oc2cc(-c3nc(C(C)C)cs3)nc3c(C)c(OC)ccc23)C1(C)C)C(=O)NS(=O)(=O)C1(C)CC1. The van der Waals surface area contributed by atoms with E-state index in [0.717, 1.165) is 32.9 Å². The summed E-state index contributed by atoms with van der Waals surface area (Å²) in [4.78, 5) is 37.2. The van der Waals surface area contributed by atoms with Gasteiger partial charge < -0.3 is 14.8 Å². The van der Waals surface area contributed by atoms with Crippen LogP contribution in [0.1, 0.15) is 77.5 Å². The van der Waals surface area contributed by atoms with Crippen molar-refractivity contribution in [2.24, 2.45) is 16.7 Å². The van der Waals surface area contributed by atoms with Gasteiger partial charge in [0, 0.05) is 40.8 Å². The summed E-state index contributed by atoms with van der Waals surface area (Å²) in [6.45, 7) is 16.0. The van der Waals surface area contributed by atoms with Crippen LogP contribution < -0.4 is 19.5 Å². The van der Waals surface area contributed by atoms with Gasteiger partial charge in [-0.05, 0) is 57.1 Å². The number of Topliss-reactive ketones (excluding diaryl/α,β-unsaturated/α-hetero) is 1. The number of ether oxygens (including phenoxy) is 2. The maximum Gasteiger partial charge on any atom is 0.240 e. The number of hydrogen-bond acceptors (Lipinski definition) is 10. The standard InChI is InChI=1S/C35H44N4O6S2/c1-9-21-15-35(21,32(41)39-47(42,43)34(7)12-13-34)16-25(40)30-33(5,6)28(17-36-30)45-27-14-23(31-38-24(18-46-31)19(2)3)37-29-20(4)26(44-8)11-10-22(27)29/h9-11,14,18-19,21,28,30,36H,1,12-13,15-17H2,2-8H3,(H,39,41)/t21-,28+,30-,35-/m1/s1. The third-order valence-electron chi connectivity index (χ3n) is 10.6. The molecule has 1 aliphatic heterocycles. The number of pyridine rings is 1. The van der Waals surface area contributed by atoms with E-state index in [1.807, 2.05) is 39.0 Å². The third kappa shape index (κ3) is 5.76. The second-order valence-corrected chi connectivity index (χ2v) is 17.6. The van der Waals surface area contributed by atoms with Crippen LogP contribution in [0.15, 0.2) is 36.2 Å². The Kier molecular flexibility index (Phi) is 8.32. The molecule has 3 heterocycles. The van der Waals surface area contributed by atoms with E-state index in [2.05, 4.69) is 35.8 Å². The van der Waals surface area contributed by atoms with Crippen LogP contribution >= 0.6 is 11.3 Å². The van der Waals surface area contributed by atoms with Crippen molar-refractivity contribution in [3.05, 3.63) is 47.5 Å². The minimum atomic E-state index is -3.83. The normalized spacial score (nSPS) is 25.8. The fourth-order valence-electron chi connectivity index (χ4n) is 6.68. The van der Waals surface area contributed by atoms with Crippen molar-refractivity contribution in [2.45, 2.75) is 90.0 Å². The van der Waals surface area contributed by atoms with Gasteiger partial charge in [-0.2, -0.15) is 0 Å². The van der Waals surface area contributed by atoms with E-state index < -0.39 is 43.7 Å². The monoisotopic (exact) mass is 680 g/mol. The third-order valence-corrected chi connectivity index (χ3v) is 13.6. The number of thiazole rings is 1.